The van der Waals surface area contributed by atoms with E-state index in [-0.39, 0.29) is 18.2 Å². The van der Waals surface area contributed by atoms with Crippen molar-refractivity contribution in [3.05, 3.63) is 41.0 Å². The summed E-state index contributed by atoms with van der Waals surface area (Å²) in [7, 11) is 1.51. The maximum Gasteiger partial charge on any atom is 0.273 e. The predicted octanol–water partition coefficient (Wildman–Crippen LogP) is 2.12. The van der Waals surface area contributed by atoms with E-state index < -0.39 is 6.10 Å². The fourth-order valence-corrected chi connectivity index (χ4v) is 2.07. The van der Waals surface area contributed by atoms with E-state index in [0.29, 0.717) is 23.7 Å². The van der Waals surface area contributed by atoms with E-state index in [1.54, 1.807) is 24.3 Å². The number of rotatable bonds is 7. The topological polar surface area (TPSA) is 84.6 Å². The van der Waals surface area contributed by atoms with Crippen LogP contribution >= 0.6 is 11.6 Å². The highest BCUT2D eigenvalue weighted by atomic mass is 35.5. The van der Waals surface area contributed by atoms with Crippen LogP contribution in [0.5, 0.6) is 0 Å². The monoisotopic (exact) mass is 324 g/mol. The second kappa shape index (κ2) is 7.93. The molecule has 0 spiro atoms. The molecular formula is C15H17ClN2O4. The molecule has 0 aliphatic rings. The van der Waals surface area contributed by atoms with Crippen molar-refractivity contribution < 1.29 is 19.2 Å². The van der Waals surface area contributed by atoms with Gasteiger partial charge in [0.1, 0.15) is 0 Å². The van der Waals surface area contributed by atoms with Crippen LogP contribution in [0.15, 0.2) is 34.9 Å². The number of halogens is 1. The number of aliphatic hydroxyl groups is 1. The first-order chi connectivity index (χ1) is 10.6. The summed E-state index contributed by atoms with van der Waals surface area (Å²) in [5.74, 6) is 0.105. The van der Waals surface area contributed by atoms with Crippen LogP contribution in [0.1, 0.15) is 16.9 Å². The van der Waals surface area contributed by atoms with Crippen molar-refractivity contribution in [2.24, 2.45) is 0 Å². The summed E-state index contributed by atoms with van der Waals surface area (Å²) in [5.41, 5.74) is 0.922. The molecule has 118 valence electrons. The molecule has 7 heteroatoms. The molecule has 0 aliphatic carbocycles. The zero-order valence-electron chi connectivity index (χ0n) is 12.1. The van der Waals surface area contributed by atoms with Gasteiger partial charge in [-0.3, -0.25) is 4.79 Å². The number of aliphatic hydroxyl groups excluding tert-OH is 1. The Balaban J connectivity index is 1.92. The SMILES string of the molecule is COCC(O)CCNC(=O)c1cc(-c2cccc(Cl)c2)on1. The second-order valence-corrected chi connectivity index (χ2v) is 5.18. The Morgan fingerprint density at radius 3 is 3.05 bits per heavy atom. The molecule has 2 rings (SSSR count). The molecule has 1 aromatic heterocycles. The lowest BCUT2D eigenvalue weighted by Crippen LogP contribution is -2.28. The van der Waals surface area contributed by atoms with Crippen molar-refractivity contribution in [1.29, 1.82) is 0 Å². The van der Waals surface area contributed by atoms with E-state index in [2.05, 4.69) is 10.5 Å². The van der Waals surface area contributed by atoms with Gasteiger partial charge in [-0.2, -0.15) is 0 Å². The highest BCUT2D eigenvalue weighted by Gasteiger charge is 2.14. The molecule has 1 unspecified atom stereocenters. The summed E-state index contributed by atoms with van der Waals surface area (Å²) < 4.78 is 9.96. The summed E-state index contributed by atoms with van der Waals surface area (Å²) in [4.78, 5) is 11.9. The number of benzene rings is 1. The lowest BCUT2D eigenvalue weighted by atomic mass is 10.1. The molecule has 0 fully saturated rings. The van der Waals surface area contributed by atoms with Gasteiger partial charge in [-0.1, -0.05) is 28.9 Å². The Labute approximate surface area is 133 Å². The minimum atomic E-state index is -0.607. The van der Waals surface area contributed by atoms with Crippen molar-refractivity contribution in [1.82, 2.24) is 10.5 Å². The largest absolute Gasteiger partial charge is 0.391 e. The fraction of sp³-hybridized carbons (Fsp3) is 0.333. The molecule has 1 amide bonds. The lowest BCUT2D eigenvalue weighted by molar-refractivity contribution is 0.0587. The van der Waals surface area contributed by atoms with Crippen molar-refractivity contribution in [3.8, 4) is 11.3 Å². The smallest absolute Gasteiger partial charge is 0.273 e. The third kappa shape index (κ3) is 4.56. The highest BCUT2D eigenvalue weighted by Crippen LogP contribution is 2.23. The van der Waals surface area contributed by atoms with E-state index in [4.69, 9.17) is 20.9 Å². The van der Waals surface area contributed by atoms with Gasteiger partial charge < -0.3 is 19.7 Å². The average Bonchev–Trinajstić information content (AvgIpc) is 2.97. The number of nitrogens with one attached hydrogen (secondary N) is 1. The van der Waals surface area contributed by atoms with Gasteiger partial charge in [-0.25, -0.2) is 0 Å². The number of methoxy groups -OCH3 is 1. The van der Waals surface area contributed by atoms with Crippen LogP contribution in [0, 0.1) is 0 Å². The average molecular weight is 325 g/mol. The second-order valence-electron chi connectivity index (χ2n) is 4.74. The highest BCUT2D eigenvalue weighted by molar-refractivity contribution is 6.30. The minimum absolute atomic E-state index is 0.177. The summed E-state index contributed by atoms with van der Waals surface area (Å²) >= 11 is 5.91. The maximum absolute atomic E-state index is 11.9. The third-order valence-electron chi connectivity index (χ3n) is 2.97. The predicted molar refractivity (Wildman–Crippen MR) is 81.8 cm³/mol. The van der Waals surface area contributed by atoms with Gasteiger partial charge in [0.25, 0.3) is 5.91 Å². The van der Waals surface area contributed by atoms with Crippen LogP contribution < -0.4 is 5.32 Å². The Morgan fingerprint density at radius 2 is 2.32 bits per heavy atom. The standard InChI is InChI=1S/C15H17ClN2O4/c1-21-9-12(19)5-6-17-15(20)13-8-14(22-18-13)10-3-2-4-11(16)7-10/h2-4,7-8,12,19H,5-6,9H2,1H3,(H,17,20). The summed E-state index contributed by atoms with van der Waals surface area (Å²) in [6.45, 7) is 0.557. The van der Waals surface area contributed by atoms with Crippen molar-refractivity contribution in [2.75, 3.05) is 20.3 Å². The molecular weight excluding hydrogens is 308 g/mol. The molecule has 0 bridgehead atoms. The Hall–Kier alpha value is -1.89. The summed E-state index contributed by atoms with van der Waals surface area (Å²) in [6, 6.07) is 8.63. The van der Waals surface area contributed by atoms with Crippen molar-refractivity contribution in [3.63, 3.8) is 0 Å². The third-order valence-corrected chi connectivity index (χ3v) is 3.21. The molecule has 0 saturated heterocycles. The molecule has 2 aromatic rings. The Bertz CT molecular complexity index is 630. The summed E-state index contributed by atoms with van der Waals surface area (Å²) in [6.07, 6.45) is -0.205. The van der Waals surface area contributed by atoms with Crippen LogP contribution in [-0.4, -0.2) is 42.5 Å². The van der Waals surface area contributed by atoms with Gasteiger partial charge in [0.15, 0.2) is 11.5 Å². The number of carbonyl (C=O) groups excluding carboxylic acids is 1. The number of hydrogen-bond acceptors (Lipinski definition) is 5. The lowest BCUT2D eigenvalue weighted by Gasteiger charge is -2.09. The quantitative estimate of drug-likeness (QED) is 0.815. The number of carbonyl (C=O) groups is 1. The van der Waals surface area contributed by atoms with Crippen LogP contribution in [0.4, 0.5) is 0 Å². The van der Waals surface area contributed by atoms with Crippen LogP contribution in [0.25, 0.3) is 11.3 Å². The first-order valence-corrected chi connectivity index (χ1v) is 7.16. The van der Waals surface area contributed by atoms with Gasteiger partial charge in [0, 0.05) is 30.3 Å². The molecule has 1 aromatic carbocycles. The summed E-state index contributed by atoms with van der Waals surface area (Å²) in [5, 5.41) is 16.5. The van der Waals surface area contributed by atoms with Gasteiger partial charge in [0.05, 0.1) is 12.7 Å². The number of aromatic nitrogens is 1. The maximum atomic E-state index is 11.9. The van der Waals surface area contributed by atoms with Crippen molar-refractivity contribution >= 4 is 17.5 Å². The number of amides is 1. The zero-order chi connectivity index (χ0) is 15.9. The first kappa shape index (κ1) is 16.5. The number of ether oxygens (including phenoxy) is 1. The van der Waals surface area contributed by atoms with Gasteiger partial charge in [-0.15, -0.1) is 0 Å². The van der Waals surface area contributed by atoms with E-state index in [0.717, 1.165) is 5.56 Å². The van der Waals surface area contributed by atoms with E-state index >= 15 is 0 Å². The van der Waals surface area contributed by atoms with E-state index in [9.17, 15) is 9.90 Å². The van der Waals surface area contributed by atoms with E-state index in [1.807, 2.05) is 6.07 Å². The Kier molecular flexibility index (Phi) is 5.94. The Morgan fingerprint density at radius 1 is 1.50 bits per heavy atom. The van der Waals surface area contributed by atoms with E-state index in [1.165, 1.54) is 7.11 Å². The molecule has 0 radical (unpaired) electrons. The molecule has 1 heterocycles. The van der Waals surface area contributed by atoms with Crippen molar-refractivity contribution in [2.45, 2.75) is 12.5 Å². The van der Waals surface area contributed by atoms with Gasteiger partial charge in [0.2, 0.25) is 0 Å². The van der Waals surface area contributed by atoms with Crippen LogP contribution in [-0.2, 0) is 4.74 Å². The first-order valence-electron chi connectivity index (χ1n) is 6.78. The molecule has 1 atom stereocenters. The molecule has 22 heavy (non-hydrogen) atoms. The molecule has 2 N–H and O–H groups in total. The number of hydrogen-bond donors (Lipinski definition) is 2. The molecule has 0 aliphatic heterocycles. The minimum Gasteiger partial charge on any atom is -0.391 e. The number of nitrogens with zero attached hydrogens (tertiary/aromatic N) is 1. The van der Waals surface area contributed by atoms with Crippen LogP contribution in [0.3, 0.4) is 0 Å². The zero-order valence-corrected chi connectivity index (χ0v) is 12.8. The fourth-order valence-electron chi connectivity index (χ4n) is 1.88. The normalized spacial score (nSPS) is 12.1. The molecule has 0 saturated carbocycles. The van der Waals surface area contributed by atoms with Gasteiger partial charge in [-0.05, 0) is 18.6 Å². The van der Waals surface area contributed by atoms with Crippen LogP contribution in [0.2, 0.25) is 5.02 Å². The van der Waals surface area contributed by atoms with Gasteiger partial charge >= 0.3 is 0 Å². The molecule has 6 nitrogen and oxygen atoms in total.